The second-order valence-corrected chi connectivity index (χ2v) is 10.4. The molecule has 6 nitrogen and oxygen atoms in total. The molecule has 3 heterocycles. The lowest BCUT2D eigenvalue weighted by molar-refractivity contribution is -0.184. The number of carbonyl (C=O) groups excluding carboxylic acids is 2. The predicted octanol–water partition coefficient (Wildman–Crippen LogP) is 6.46. The van der Waals surface area contributed by atoms with Crippen molar-refractivity contribution in [2.24, 2.45) is 0 Å². The molecule has 0 N–H and O–H groups in total. The fourth-order valence-electron chi connectivity index (χ4n) is 5.95. The van der Waals surface area contributed by atoms with Crippen molar-refractivity contribution < 1.29 is 19.1 Å². The van der Waals surface area contributed by atoms with Crippen LogP contribution in [0.25, 0.3) is 6.08 Å². The zero-order valence-corrected chi connectivity index (χ0v) is 22.4. The van der Waals surface area contributed by atoms with Gasteiger partial charge in [0.1, 0.15) is 6.61 Å². The molecule has 0 unspecified atom stereocenters. The van der Waals surface area contributed by atoms with Crippen molar-refractivity contribution in [3.63, 3.8) is 0 Å². The van der Waals surface area contributed by atoms with E-state index in [-0.39, 0.29) is 18.9 Å². The molecular formula is C35H28N2O4. The fourth-order valence-corrected chi connectivity index (χ4v) is 5.95. The molecule has 1 saturated heterocycles. The smallest absolute Gasteiger partial charge is 0.332 e. The Kier molecular flexibility index (Phi) is 6.25. The van der Waals surface area contributed by atoms with Gasteiger partial charge >= 0.3 is 5.97 Å². The summed E-state index contributed by atoms with van der Waals surface area (Å²) in [7, 11) is 0. The molecule has 3 aliphatic heterocycles. The van der Waals surface area contributed by atoms with E-state index < -0.39 is 17.8 Å². The fraction of sp³-hybridized carbons (Fsp3) is 0.143. The van der Waals surface area contributed by atoms with Crippen molar-refractivity contribution >= 4 is 23.6 Å². The van der Waals surface area contributed by atoms with Crippen LogP contribution in [0, 0.1) is 0 Å². The van der Waals surface area contributed by atoms with Crippen LogP contribution >= 0.6 is 0 Å². The number of nitrogens with zero attached hydrogens (tertiary/aromatic N) is 2. The molecule has 1 amide bonds. The number of hydrogen-bond donors (Lipinski definition) is 0. The van der Waals surface area contributed by atoms with Gasteiger partial charge in [0.05, 0.1) is 12.2 Å². The van der Waals surface area contributed by atoms with E-state index in [0.717, 1.165) is 33.5 Å². The first-order valence-electron chi connectivity index (χ1n) is 13.7. The number of hydrogen-bond acceptors (Lipinski definition) is 5. The number of fused-ring (bicyclic) bond motifs is 5. The van der Waals surface area contributed by atoms with Gasteiger partial charge in [0.2, 0.25) is 0 Å². The summed E-state index contributed by atoms with van der Waals surface area (Å²) in [4.78, 5) is 31.4. The Hall–Kier alpha value is -4.94. The van der Waals surface area contributed by atoms with Crippen molar-refractivity contribution in [2.75, 3.05) is 4.90 Å². The van der Waals surface area contributed by atoms with Gasteiger partial charge in [-0.2, -0.15) is 0 Å². The number of esters is 1. The molecule has 0 aromatic heterocycles. The SMILES string of the molecule is O=C(/C=C1/C[C@@]2(O[C@H]3c4ccccc4C=CN13)C(=O)N(Cc1ccccc1)c1ccccc12)OCc1ccccc1. The normalized spacial score (nSPS) is 21.5. The lowest BCUT2D eigenvalue weighted by Gasteiger charge is -2.47. The van der Waals surface area contributed by atoms with Gasteiger partial charge in [-0.25, -0.2) is 4.79 Å². The Bertz CT molecular complexity index is 1680. The van der Waals surface area contributed by atoms with E-state index >= 15 is 0 Å². The highest BCUT2D eigenvalue weighted by atomic mass is 16.5. The number of rotatable bonds is 5. The first-order valence-corrected chi connectivity index (χ1v) is 13.7. The molecule has 0 bridgehead atoms. The van der Waals surface area contributed by atoms with Crippen molar-refractivity contribution in [1.82, 2.24) is 4.90 Å². The maximum absolute atomic E-state index is 14.5. The van der Waals surface area contributed by atoms with Gasteiger partial charge in [-0.1, -0.05) is 103 Å². The summed E-state index contributed by atoms with van der Waals surface area (Å²) in [5.41, 5.74) is 4.86. The Balaban J connectivity index is 1.29. The quantitative estimate of drug-likeness (QED) is 0.215. The number of anilines is 1. The third kappa shape index (κ3) is 4.42. The van der Waals surface area contributed by atoms with Gasteiger partial charge in [-0.15, -0.1) is 0 Å². The molecule has 0 aliphatic carbocycles. The van der Waals surface area contributed by atoms with Crippen molar-refractivity contribution in [2.45, 2.75) is 31.4 Å². The van der Waals surface area contributed by atoms with E-state index in [4.69, 9.17) is 9.47 Å². The zero-order valence-electron chi connectivity index (χ0n) is 22.4. The maximum Gasteiger partial charge on any atom is 0.332 e. The van der Waals surface area contributed by atoms with Gasteiger partial charge in [-0.05, 0) is 28.8 Å². The maximum atomic E-state index is 14.5. The molecule has 1 spiro atoms. The summed E-state index contributed by atoms with van der Waals surface area (Å²) >= 11 is 0. The molecule has 7 rings (SSSR count). The number of amides is 1. The molecule has 2 atom stereocenters. The van der Waals surface area contributed by atoms with Crippen LogP contribution in [0.3, 0.4) is 0 Å². The standard InChI is InChI=1S/C35H28N2O4/c38-32(40-24-26-13-5-2-6-14-26)21-28-22-35(41-33-29-16-8-7-15-27(29)19-20-36(28)33)30-17-9-10-18-31(30)37(34(35)39)23-25-11-3-1-4-12-25/h1-21,33H,22-24H2/b28-21-/t33-,35-/m0/s1. The number of para-hydroxylation sites is 1. The molecule has 3 aliphatic rings. The van der Waals surface area contributed by atoms with Crippen LogP contribution in [0.1, 0.15) is 40.5 Å². The van der Waals surface area contributed by atoms with E-state index in [1.165, 1.54) is 6.08 Å². The molecule has 0 saturated carbocycles. The highest BCUT2D eigenvalue weighted by Gasteiger charge is 2.57. The largest absolute Gasteiger partial charge is 0.458 e. The van der Waals surface area contributed by atoms with Gasteiger partial charge < -0.3 is 19.3 Å². The Labute approximate surface area is 238 Å². The van der Waals surface area contributed by atoms with Crippen LogP contribution in [0.4, 0.5) is 5.69 Å². The average Bonchev–Trinajstić information content (AvgIpc) is 3.23. The summed E-state index contributed by atoms with van der Waals surface area (Å²) in [5, 5.41) is 0. The van der Waals surface area contributed by atoms with Gasteiger partial charge in [0.25, 0.3) is 5.91 Å². The van der Waals surface area contributed by atoms with E-state index in [1.807, 2.05) is 126 Å². The first kappa shape index (κ1) is 25.1. The summed E-state index contributed by atoms with van der Waals surface area (Å²) in [6, 6.07) is 35.3. The summed E-state index contributed by atoms with van der Waals surface area (Å²) in [6.45, 7) is 0.588. The minimum atomic E-state index is -1.30. The molecule has 0 radical (unpaired) electrons. The first-order chi connectivity index (χ1) is 20.1. The molecule has 6 heteroatoms. The minimum absolute atomic E-state index is 0.141. The van der Waals surface area contributed by atoms with Crippen molar-refractivity contribution in [1.29, 1.82) is 0 Å². The highest BCUT2D eigenvalue weighted by molar-refractivity contribution is 6.07. The highest BCUT2D eigenvalue weighted by Crippen LogP contribution is 2.54. The Morgan fingerprint density at radius 3 is 2.37 bits per heavy atom. The van der Waals surface area contributed by atoms with Crippen LogP contribution in [0.5, 0.6) is 0 Å². The average molecular weight is 541 g/mol. The van der Waals surface area contributed by atoms with Gasteiger partial charge in [0, 0.05) is 35.5 Å². The van der Waals surface area contributed by atoms with Crippen LogP contribution < -0.4 is 4.90 Å². The van der Waals surface area contributed by atoms with Crippen LogP contribution in [0.2, 0.25) is 0 Å². The van der Waals surface area contributed by atoms with Crippen molar-refractivity contribution in [3.8, 4) is 0 Å². The summed E-state index contributed by atoms with van der Waals surface area (Å²) in [5.74, 6) is -0.607. The van der Waals surface area contributed by atoms with E-state index in [2.05, 4.69) is 0 Å². The second-order valence-electron chi connectivity index (χ2n) is 10.4. The molecule has 41 heavy (non-hydrogen) atoms. The molecular weight excluding hydrogens is 512 g/mol. The molecule has 4 aromatic carbocycles. The third-order valence-electron chi connectivity index (χ3n) is 7.92. The predicted molar refractivity (Wildman–Crippen MR) is 156 cm³/mol. The van der Waals surface area contributed by atoms with E-state index in [1.54, 1.807) is 4.90 Å². The zero-order chi connectivity index (χ0) is 27.8. The van der Waals surface area contributed by atoms with Crippen molar-refractivity contribution in [3.05, 3.63) is 155 Å². The van der Waals surface area contributed by atoms with Crippen LogP contribution in [-0.4, -0.2) is 16.8 Å². The van der Waals surface area contributed by atoms with Crippen LogP contribution in [-0.2, 0) is 37.8 Å². The summed E-state index contributed by atoms with van der Waals surface area (Å²) < 4.78 is 12.5. The monoisotopic (exact) mass is 540 g/mol. The van der Waals surface area contributed by atoms with Crippen LogP contribution in [0.15, 0.2) is 127 Å². The Morgan fingerprint density at radius 2 is 1.56 bits per heavy atom. The van der Waals surface area contributed by atoms with E-state index in [0.29, 0.717) is 12.2 Å². The topological polar surface area (TPSA) is 59.1 Å². The Morgan fingerprint density at radius 1 is 0.878 bits per heavy atom. The number of ether oxygens (including phenoxy) is 2. The second kappa shape index (κ2) is 10.2. The lowest BCUT2D eigenvalue weighted by atomic mass is 9.86. The molecule has 202 valence electrons. The minimum Gasteiger partial charge on any atom is -0.458 e. The van der Waals surface area contributed by atoms with Gasteiger partial charge in [-0.3, -0.25) is 4.79 Å². The summed E-state index contributed by atoms with van der Waals surface area (Å²) in [6.07, 6.45) is 5.03. The van der Waals surface area contributed by atoms with Gasteiger partial charge in [0.15, 0.2) is 11.8 Å². The number of benzene rings is 4. The van der Waals surface area contributed by atoms with E-state index in [9.17, 15) is 9.59 Å². The molecule has 1 fully saturated rings. The molecule has 4 aromatic rings. The number of carbonyl (C=O) groups is 2. The third-order valence-corrected chi connectivity index (χ3v) is 7.92. The lowest BCUT2D eigenvalue weighted by Crippen LogP contribution is -2.50.